The van der Waals surface area contributed by atoms with Gasteiger partial charge in [0.05, 0.1) is 6.61 Å². The average molecular weight is 510 g/mol. The van der Waals surface area contributed by atoms with Crippen LogP contribution in [0.5, 0.6) is 5.75 Å². The molecule has 35 heavy (non-hydrogen) atoms. The lowest BCUT2D eigenvalue weighted by atomic mass is 9.77. The van der Waals surface area contributed by atoms with Gasteiger partial charge in [-0.15, -0.1) is 13.2 Å². The van der Waals surface area contributed by atoms with Gasteiger partial charge in [-0.3, -0.25) is 0 Å². The molecule has 0 spiro atoms. The average Bonchev–Trinajstić information content (AvgIpc) is 2.75. The molecule has 1 aliphatic rings. The molecule has 0 aliphatic heterocycles. The highest BCUT2D eigenvalue weighted by Gasteiger charge is 2.40. The molecule has 1 saturated carbocycles. The molecule has 0 amide bonds. The third-order valence-corrected chi connectivity index (χ3v) is 6.27. The van der Waals surface area contributed by atoms with Crippen molar-refractivity contribution in [3.05, 3.63) is 64.5 Å². The van der Waals surface area contributed by atoms with Crippen LogP contribution in [0.25, 0.3) is 0 Å². The minimum absolute atomic E-state index is 0.0304. The van der Waals surface area contributed by atoms with Gasteiger partial charge in [0.1, 0.15) is 17.2 Å². The van der Waals surface area contributed by atoms with E-state index in [1.807, 2.05) is 0 Å². The minimum Gasteiger partial charge on any atom is -0.403 e. The van der Waals surface area contributed by atoms with Crippen LogP contribution in [-0.2, 0) is 17.3 Å². The Morgan fingerprint density at radius 3 is 2.03 bits per heavy atom. The van der Waals surface area contributed by atoms with Crippen LogP contribution in [0.4, 0.5) is 35.1 Å². The minimum atomic E-state index is -5.09. The molecule has 0 atom stereocenters. The summed E-state index contributed by atoms with van der Waals surface area (Å²) >= 11 is 0. The van der Waals surface area contributed by atoms with Gasteiger partial charge in [0, 0.05) is 0 Å². The summed E-state index contributed by atoms with van der Waals surface area (Å²) < 4.78 is 116. The Balaban J connectivity index is 1.63. The third kappa shape index (κ3) is 7.32. The van der Waals surface area contributed by atoms with E-state index < -0.39 is 47.8 Å². The van der Waals surface area contributed by atoms with Gasteiger partial charge in [-0.05, 0) is 79.3 Å². The van der Waals surface area contributed by atoms with Crippen LogP contribution in [0.3, 0.4) is 0 Å². The van der Waals surface area contributed by atoms with E-state index in [4.69, 9.17) is 0 Å². The molecule has 1 fully saturated rings. The lowest BCUT2D eigenvalue weighted by Gasteiger charge is -2.29. The first kappa shape index (κ1) is 27.2. The van der Waals surface area contributed by atoms with Crippen molar-refractivity contribution in [1.82, 2.24) is 0 Å². The zero-order valence-corrected chi connectivity index (χ0v) is 19.0. The Bertz CT molecular complexity index is 974. The molecule has 2 nitrogen and oxygen atoms in total. The highest BCUT2D eigenvalue weighted by molar-refractivity contribution is 5.31. The first-order valence-electron chi connectivity index (χ1n) is 11.4. The highest BCUT2D eigenvalue weighted by Crippen LogP contribution is 2.40. The van der Waals surface area contributed by atoms with E-state index in [0.717, 1.165) is 56.7 Å². The lowest BCUT2D eigenvalue weighted by Crippen LogP contribution is -2.24. The first-order chi connectivity index (χ1) is 16.4. The van der Waals surface area contributed by atoms with Crippen molar-refractivity contribution in [2.45, 2.75) is 70.3 Å². The van der Waals surface area contributed by atoms with Gasteiger partial charge >= 0.3 is 12.5 Å². The van der Waals surface area contributed by atoms with E-state index >= 15 is 0 Å². The van der Waals surface area contributed by atoms with Crippen molar-refractivity contribution in [1.29, 1.82) is 0 Å². The Morgan fingerprint density at radius 2 is 1.49 bits per heavy atom. The van der Waals surface area contributed by atoms with Crippen LogP contribution in [0.1, 0.15) is 68.1 Å². The van der Waals surface area contributed by atoms with E-state index in [0.29, 0.717) is 23.6 Å². The number of hydrogen-bond donors (Lipinski definition) is 0. The van der Waals surface area contributed by atoms with Gasteiger partial charge in [-0.25, -0.2) is 13.2 Å². The maximum Gasteiger partial charge on any atom is 0.573 e. The molecular formula is C25H26F8O2. The van der Waals surface area contributed by atoms with Gasteiger partial charge in [0.2, 0.25) is 0 Å². The number of benzene rings is 2. The number of alkyl halides is 5. The van der Waals surface area contributed by atoms with Crippen LogP contribution in [-0.4, -0.2) is 13.0 Å². The van der Waals surface area contributed by atoms with Crippen molar-refractivity contribution in [3.8, 4) is 5.75 Å². The summed E-state index contributed by atoms with van der Waals surface area (Å²) in [6.45, 7) is 1.33. The molecule has 1 aliphatic carbocycles. The second-order valence-corrected chi connectivity index (χ2v) is 8.79. The summed E-state index contributed by atoms with van der Waals surface area (Å²) in [5.74, 6) is -4.78. The van der Waals surface area contributed by atoms with E-state index in [1.54, 1.807) is 0 Å². The van der Waals surface area contributed by atoms with E-state index in [-0.39, 0.29) is 17.9 Å². The largest absolute Gasteiger partial charge is 0.573 e. The number of ether oxygens (including phenoxy) is 2. The van der Waals surface area contributed by atoms with Crippen LogP contribution >= 0.6 is 0 Å². The summed E-state index contributed by atoms with van der Waals surface area (Å²) in [4.78, 5) is 0. The Morgan fingerprint density at radius 1 is 0.857 bits per heavy atom. The molecular weight excluding hydrogens is 484 g/mol. The van der Waals surface area contributed by atoms with Crippen LogP contribution < -0.4 is 4.74 Å². The van der Waals surface area contributed by atoms with Gasteiger partial charge in [-0.2, -0.15) is 8.78 Å². The summed E-state index contributed by atoms with van der Waals surface area (Å²) in [6, 6.07) is 4.26. The maximum atomic E-state index is 14.6. The molecule has 194 valence electrons. The summed E-state index contributed by atoms with van der Waals surface area (Å²) in [5.41, 5.74) is -1.14. The zero-order chi connectivity index (χ0) is 25.8. The molecule has 0 aromatic heterocycles. The SMILES string of the molecule is CCCC1CCC(c2cc(F)c(C(F)(F)OCCc3ccc(OC(F)(F)F)c(F)c3)c(F)c2)CC1. The summed E-state index contributed by atoms with van der Waals surface area (Å²) in [5, 5.41) is 0. The van der Waals surface area contributed by atoms with Crippen LogP contribution in [0, 0.1) is 23.4 Å². The van der Waals surface area contributed by atoms with Crippen molar-refractivity contribution in [3.63, 3.8) is 0 Å². The quantitative estimate of drug-likeness (QED) is 0.316. The fourth-order valence-electron chi connectivity index (χ4n) is 4.58. The van der Waals surface area contributed by atoms with Gasteiger partial charge in [-0.1, -0.05) is 25.8 Å². The maximum absolute atomic E-state index is 14.6. The molecule has 0 bridgehead atoms. The first-order valence-corrected chi connectivity index (χ1v) is 11.4. The Hall–Kier alpha value is -2.36. The monoisotopic (exact) mass is 510 g/mol. The van der Waals surface area contributed by atoms with Gasteiger partial charge in [0.25, 0.3) is 0 Å². The fraction of sp³-hybridized carbons (Fsp3) is 0.520. The highest BCUT2D eigenvalue weighted by atomic mass is 19.4. The lowest BCUT2D eigenvalue weighted by molar-refractivity contribution is -0.275. The zero-order valence-electron chi connectivity index (χ0n) is 19.0. The second kappa shape index (κ2) is 11.1. The molecule has 2 aromatic carbocycles. The summed E-state index contributed by atoms with van der Waals surface area (Å²) in [6.07, 6.45) is -4.26. The van der Waals surface area contributed by atoms with Gasteiger partial charge in [0.15, 0.2) is 11.6 Å². The molecule has 0 unspecified atom stereocenters. The molecule has 10 heteroatoms. The predicted molar refractivity (Wildman–Crippen MR) is 113 cm³/mol. The van der Waals surface area contributed by atoms with Crippen molar-refractivity contribution < 1.29 is 44.6 Å². The molecule has 0 N–H and O–H groups in total. The van der Waals surface area contributed by atoms with Crippen molar-refractivity contribution >= 4 is 0 Å². The van der Waals surface area contributed by atoms with Gasteiger partial charge < -0.3 is 9.47 Å². The standard InChI is InChI=1S/C25H26F8O2/c1-2-3-15-4-7-17(8-5-15)18-13-20(27)23(21(28)14-18)24(29,30)34-11-10-16-6-9-22(19(26)12-16)35-25(31,32)33/h6,9,12-15,17H,2-5,7-8,10-11H2,1H3. The summed E-state index contributed by atoms with van der Waals surface area (Å²) in [7, 11) is 0. The van der Waals surface area contributed by atoms with Crippen LogP contribution in [0.2, 0.25) is 0 Å². The number of halogens is 8. The molecule has 3 rings (SSSR count). The van der Waals surface area contributed by atoms with E-state index in [2.05, 4.69) is 16.4 Å². The van der Waals surface area contributed by atoms with Crippen LogP contribution in [0.15, 0.2) is 30.3 Å². The van der Waals surface area contributed by atoms with E-state index in [9.17, 15) is 35.1 Å². The predicted octanol–water partition coefficient (Wildman–Crippen LogP) is 8.39. The molecule has 0 heterocycles. The normalized spacial score (nSPS) is 19.1. The number of hydrogen-bond acceptors (Lipinski definition) is 2. The third-order valence-electron chi connectivity index (χ3n) is 6.27. The topological polar surface area (TPSA) is 18.5 Å². The fourth-order valence-corrected chi connectivity index (χ4v) is 4.58. The second-order valence-electron chi connectivity index (χ2n) is 8.79. The van der Waals surface area contributed by atoms with Crippen molar-refractivity contribution in [2.24, 2.45) is 5.92 Å². The smallest absolute Gasteiger partial charge is 0.403 e. The van der Waals surface area contributed by atoms with Crippen molar-refractivity contribution in [2.75, 3.05) is 6.61 Å². The Labute approximate surface area is 198 Å². The molecule has 0 saturated heterocycles. The molecule has 2 aromatic rings. The Kier molecular flexibility index (Phi) is 8.67. The number of rotatable bonds is 9. The van der Waals surface area contributed by atoms with E-state index in [1.165, 1.54) is 0 Å². The molecule has 0 radical (unpaired) electrons.